The average Bonchev–Trinajstić information content (AvgIpc) is 3.10. The molecule has 1 saturated carbocycles. The zero-order chi connectivity index (χ0) is 19.0. The molecule has 1 aliphatic rings. The number of benzene rings is 1. The fraction of sp³-hybridized carbons (Fsp3) is 0.400. The van der Waals surface area contributed by atoms with E-state index in [0.29, 0.717) is 24.3 Å². The Kier molecular flexibility index (Phi) is 4.72. The second kappa shape index (κ2) is 7.17. The Bertz CT molecular complexity index is 937. The highest BCUT2D eigenvalue weighted by Crippen LogP contribution is 2.34. The van der Waals surface area contributed by atoms with Gasteiger partial charge in [-0.15, -0.1) is 5.10 Å². The molecule has 1 aliphatic carbocycles. The number of hydrogen-bond donors (Lipinski definition) is 4. The summed E-state index contributed by atoms with van der Waals surface area (Å²) in [5, 5.41) is 7.95. The lowest BCUT2D eigenvalue weighted by Crippen LogP contribution is -2.25. The Morgan fingerprint density at radius 3 is 2.52 bits per heavy atom. The number of nitrogens with two attached hydrogens (primary N) is 3. The monoisotopic (exact) mass is 365 g/mol. The predicted molar refractivity (Wildman–Crippen MR) is 109 cm³/mol. The molecule has 7 nitrogen and oxygen atoms in total. The van der Waals surface area contributed by atoms with Gasteiger partial charge in [0.1, 0.15) is 5.82 Å². The molecule has 1 fully saturated rings. The first kappa shape index (κ1) is 17.8. The summed E-state index contributed by atoms with van der Waals surface area (Å²) < 4.78 is 1.79. The van der Waals surface area contributed by atoms with Crippen molar-refractivity contribution in [2.45, 2.75) is 51.1 Å². The Morgan fingerprint density at radius 1 is 1.15 bits per heavy atom. The van der Waals surface area contributed by atoms with E-state index < -0.39 is 0 Å². The van der Waals surface area contributed by atoms with Gasteiger partial charge < -0.3 is 22.5 Å². The molecule has 7 N–H and O–H groups in total. The number of rotatable bonds is 4. The van der Waals surface area contributed by atoms with Crippen molar-refractivity contribution < 1.29 is 0 Å². The van der Waals surface area contributed by atoms with Crippen molar-refractivity contribution in [3.8, 4) is 0 Å². The number of hydrogen-bond acceptors (Lipinski definition) is 6. The van der Waals surface area contributed by atoms with Gasteiger partial charge in [-0.25, -0.2) is 9.50 Å². The van der Waals surface area contributed by atoms with Gasteiger partial charge in [0.25, 0.3) is 0 Å². The summed E-state index contributed by atoms with van der Waals surface area (Å²) >= 11 is 0. The maximum atomic E-state index is 6.16. The van der Waals surface area contributed by atoms with Crippen molar-refractivity contribution in [2.24, 2.45) is 11.5 Å². The molecule has 2 heterocycles. The van der Waals surface area contributed by atoms with Crippen LogP contribution in [0.2, 0.25) is 0 Å². The normalized spacial score (nSPS) is 20.1. The predicted octanol–water partition coefficient (Wildman–Crippen LogP) is 2.81. The molecule has 0 aliphatic heterocycles. The maximum Gasteiger partial charge on any atom is 0.177 e. The van der Waals surface area contributed by atoms with Gasteiger partial charge in [-0.1, -0.05) is 12.1 Å². The van der Waals surface area contributed by atoms with Gasteiger partial charge in [0.2, 0.25) is 0 Å². The third-order valence-electron chi connectivity index (χ3n) is 5.55. The van der Waals surface area contributed by atoms with Crippen molar-refractivity contribution in [3.05, 3.63) is 47.3 Å². The largest absolute Gasteiger partial charge is 0.382 e. The Hall–Kier alpha value is -2.64. The van der Waals surface area contributed by atoms with Gasteiger partial charge >= 0.3 is 0 Å². The first-order chi connectivity index (χ1) is 13.0. The van der Waals surface area contributed by atoms with E-state index in [-0.39, 0.29) is 0 Å². The highest BCUT2D eigenvalue weighted by molar-refractivity contribution is 5.79. The van der Waals surface area contributed by atoms with Crippen LogP contribution in [0.15, 0.2) is 30.5 Å². The van der Waals surface area contributed by atoms with Crippen LogP contribution >= 0.6 is 0 Å². The highest BCUT2D eigenvalue weighted by Gasteiger charge is 2.23. The van der Waals surface area contributed by atoms with Crippen LogP contribution in [-0.4, -0.2) is 20.6 Å². The minimum Gasteiger partial charge on any atom is -0.382 e. The SMILES string of the molecule is Cc1c(N)nn2cc(C3CCC(N)CC3)nc2c1Nc1ccc(CN)cc1. The van der Waals surface area contributed by atoms with Crippen molar-refractivity contribution in [1.82, 2.24) is 14.6 Å². The minimum absolute atomic E-state index is 0.322. The van der Waals surface area contributed by atoms with Crippen LogP contribution in [-0.2, 0) is 6.54 Å². The van der Waals surface area contributed by atoms with Gasteiger partial charge in [0.05, 0.1) is 17.6 Å². The number of nitrogens with zero attached hydrogens (tertiary/aromatic N) is 3. The van der Waals surface area contributed by atoms with Gasteiger partial charge in [-0.05, 0) is 50.3 Å². The summed E-state index contributed by atoms with van der Waals surface area (Å²) in [7, 11) is 0. The molecule has 0 spiro atoms. The first-order valence-electron chi connectivity index (χ1n) is 9.52. The van der Waals surface area contributed by atoms with E-state index in [4.69, 9.17) is 22.2 Å². The fourth-order valence-electron chi connectivity index (χ4n) is 3.75. The Balaban J connectivity index is 1.70. The molecule has 27 heavy (non-hydrogen) atoms. The Labute approximate surface area is 158 Å². The lowest BCUT2D eigenvalue weighted by Gasteiger charge is -2.24. The highest BCUT2D eigenvalue weighted by atomic mass is 15.3. The van der Waals surface area contributed by atoms with Crippen LogP contribution in [0.1, 0.15) is 48.4 Å². The number of imidazole rings is 1. The lowest BCUT2D eigenvalue weighted by molar-refractivity contribution is 0.391. The van der Waals surface area contributed by atoms with Crippen LogP contribution in [0.3, 0.4) is 0 Å². The van der Waals surface area contributed by atoms with E-state index in [9.17, 15) is 0 Å². The van der Waals surface area contributed by atoms with Crippen molar-refractivity contribution in [1.29, 1.82) is 0 Å². The molecule has 7 heteroatoms. The summed E-state index contributed by atoms with van der Waals surface area (Å²) in [5.41, 5.74) is 23.6. The van der Waals surface area contributed by atoms with Crippen LogP contribution in [0.25, 0.3) is 5.65 Å². The van der Waals surface area contributed by atoms with E-state index in [1.54, 1.807) is 4.52 Å². The average molecular weight is 365 g/mol. The van der Waals surface area contributed by atoms with Crippen LogP contribution < -0.4 is 22.5 Å². The van der Waals surface area contributed by atoms with Crippen LogP contribution in [0.4, 0.5) is 17.2 Å². The van der Waals surface area contributed by atoms with Gasteiger partial charge in [0, 0.05) is 29.8 Å². The topological polar surface area (TPSA) is 120 Å². The Morgan fingerprint density at radius 2 is 1.85 bits per heavy atom. The molecule has 0 saturated heterocycles. The van der Waals surface area contributed by atoms with Gasteiger partial charge in [-0.3, -0.25) is 0 Å². The van der Waals surface area contributed by atoms with E-state index in [0.717, 1.165) is 59.5 Å². The number of aromatic nitrogens is 3. The molecule has 0 atom stereocenters. The number of fused-ring (bicyclic) bond motifs is 1. The maximum absolute atomic E-state index is 6.16. The van der Waals surface area contributed by atoms with Gasteiger partial charge in [-0.2, -0.15) is 0 Å². The van der Waals surface area contributed by atoms with E-state index in [2.05, 4.69) is 10.4 Å². The van der Waals surface area contributed by atoms with Gasteiger partial charge in [0.15, 0.2) is 5.65 Å². The molecule has 4 rings (SSSR count). The molecule has 3 aromatic rings. The third-order valence-corrected chi connectivity index (χ3v) is 5.55. The summed E-state index contributed by atoms with van der Waals surface area (Å²) in [6.07, 6.45) is 6.25. The van der Waals surface area contributed by atoms with Crippen molar-refractivity contribution in [3.63, 3.8) is 0 Å². The molecular formula is C20H27N7. The molecule has 0 radical (unpaired) electrons. The third kappa shape index (κ3) is 3.48. The van der Waals surface area contributed by atoms with Crippen LogP contribution in [0.5, 0.6) is 0 Å². The molecule has 0 unspecified atom stereocenters. The minimum atomic E-state index is 0.322. The zero-order valence-electron chi connectivity index (χ0n) is 15.7. The van der Waals surface area contributed by atoms with E-state index in [1.165, 1.54) is 0 Å². The molecular weight excluding hydrogens is 338 g/mol. The number of anilines is 3. The number of nitrogen functional groups attached to an aromatic ring is 1. The second-order valence-corrected chi connectivity index (χ2v) is 7.46. The quantitative estimate of drug-likeness (QED) is 0.564. The first-order valence-corrected chi connectivity index (χ1v) is 9.52. The van der Waals surface area contributed by atoms with E-state index in [1.807, 2.05) is 37.4 Å². The smallest absolute Gasteiger partial charge is 0.177 e. The van der Waals surface area contributed by atoms with Crippen LogP contribution in [0, 0.1) is 6.92 Å². The summed E-state index contributed by atoms with van der Waals surface area (Å²) in [6, 6.07) is 8.38. The molecule has 0 bridgehead atoms. The molecule has 0 amide bonds. The lowest BCUT2D eigenvalue weighted by atomic mass is 9.85. The van der Waals surface area contributed by atoms with Crippen molar-refractivity contribution >= 4 is 22.8 Å². The molecule has 1 aromatic carbocycles. The van der Waals surface area contributed by atoms with Crippen molar-refractivity contribution in [2.75, 3.05) is 11.1 Å². The molecule has 142 valence electrons. The van der Waals surface area contributed by atoms with E-state index >= 15 is 0 Å². The standard InChI is InChI=1S/C20H27N7/c1-12-18(24-16-8-2-13(10-21)3-9-16)20-25-17(11-27(20)26-19(12)23)14-4-6-15(22)7-5-14/h2-3,8-9,11,14-15,24H,4-7,10,21-22H2,1H3,(H2,23,26). The summed E-state index contributed by atoms with van der Waals surface area (Å²) in [4.78, 5) is 4.91. The molecule has 2 aromatic heterocycles. The second-order valence-electron chi connectivity index (χ2n) is 7.46. The zero-order valence-corrected chi connectivity index (χ0v) is 15.7. The number of nitrogens with one attached hydrogen (secondary N) is 1. The summed E-state index contributed by atoms with van der Waals surface area (Å²) in [5.74, 6) is 0.933. The summed E-state index contributed by atoms with van der Waals surface area (Å²) in [6.45, 7) is 2.49. The fourth-order valence-corrected chi connectivity index (χ4v) is 3.75.